The number of carbonyl (C=O) groups is 2. The van der Waals surface area contributed by atoms with E-state index in [9.17, 15) is 29.7 Å². The van der Waals surface area contributed by atoms with Gasteiger partial charge in [0.1, 0.15) is 23.5 Å². The van der Waals surface area contributed by atoms with E-state index >= 15 is 0 Å². The molecule has 0 unspecified atom stereocenters. The number of ether oxygens (including phenoxy) is 3. The number of aliphatic hydroxyl groups is 1. The van der Waals surface area contributed by atoms with E-state index in [0.717, 1.165) is 0 Å². The Kier molecular flexibility index (Phi) is 10.7. The van der Waals surface area contributed by atoms with Crippen LogP contribution < -0.4 is 16.7 Å². The molecule has 0 aliphatic carbocycles. The molecule has 43 heavy (non-hydrogen) atoms. The van der Waals surface area contributed by atoms with E-state index in [2.05, 4.69) is 11.9 Å². The summed E-state index contributed by atoms with van der Waals surface area (Å²) in [4.78, 5) is 37.3. The molecule has 6 N–H and O–H groups in total. The second-order valence-corrected chi connectivity index (χ2v) is 10.6. The number of aliphatic hydroxyl groups excluding tert-OH is 1. The van der Waals surface area contributed by atoms with Crippen molar-refractivity contribution in [1.29, 1.82) is 0 Å². The fourth-order valence-electron chi connectivity index (χ4n) is 5.36. The molecule has 4 rings (SSSR count). The molecule has 1 aromatic heterocycles. The van der Waals surface area contributed by atoms with E-state index in [4.69, 9.17) is 24.4 Å². The summed E-state index contributed by atoms with van der Waals surface area (Å²) in [5.41, 5.74) is 4.65. The van der Waals surface area contributed by atoms with Crippen molar-refractivity contribution < 1.29 is 43.5 Å². The smallest absolute Gasteiger partial charge is 0.404 e. The van der Waals surface area contributed by atoms with Gasteiger partial charge >= 0.3 is 11.7 Å². The molecule has 2 heterocycles. The first kappa shape index (κ1) is 34.1. The first-order valence-corrected chi connectivity index (χ1v) is 13.2. The number of aromatic hydroxyl groups is 2. The standard InChI is InChI=1S/C30H34N2O10.Na/c1-6-7-16-12-17(9-11-19(16)33)27(36)32-21-22(34)18-10-8-15(14(2)24(18)40-28(21)37)13-20-23(35)25(41-29(31)38)26(39-5)30(3,4)42-20;/h6,8-12,20,23,25-26,33-35H,1,7,13H2,2-5H3,(H2,31,38)(H,32,36);/t20-,23-,25-,26+;/m0./s1. The van der Waals surface area contributed by atoms with Crippen molar-refractivity contribution in [2.45, 2.75) is 63.6 Å². The molecule has 1 radical (unpaired) electrons. The van der Waals surface area contributed by atoms with Gasteiger partial charge in [0.25, 0.3) is 5.91 Å². The zero-order valence-electron chi connectivity index (χ0n) is 24.7. The van der Waals surface area contributed by atoms with Gasteiger partial charge in [0.05, 0.1) is 17.1 Å². The number of hydrogen-bond acceptors (Lipinski definition) is 10. The molecular weight excluding hydrogens is 571 g/mol. The molecule has 0 saturated carbocycles. The fraction of sp³-hybridized carbons (Fsp3) is 0.367. The predicted molar refractivity (Wildman–Crippen MR) is 159 cm³/mol. The van der Waals surface area contributed by atoms with Crippen LogP contribution >= 0.6 is 0 Å². The van der Waals surface area contributed by atoms with Crippen LogP contribution in [-0.4, -0.2) is 94.0 Å². The van der Waals surface area contributed by atoms with Crippen LogP contribution in [0.1, 0.15) is 40.9 Å². The average Bonchev–Trinajstić information content (AvgIpc) is 2.92. The van der Waals surface area contributed by atoms with Gasteiger partial charge in [-0.05, 0) is 68.1 Å². The van der Waals surface area contributed by atoms with Crippen molar-refractivity contribution in [1.82, 2.24) is 0 Å². The summed E-state index contributed by atoms with van der Waals surface area (Å²) in [5, 5.41) is 34.5. The molecule has 1 saturated heterocycles. The van der Waals surface area contributed by atoms with Crippen LogP contribution in [0.4, 0.5) is 10.5 Å². The van der Waals surface area contributed by atoms with Crippen LogP contribution in [0.5, 0.6) is 11.5 Å². The number of nitrogens with one attached hydrogen (secondary N) is 1. The number of rotatable bonds is 8. The van der Waals surface area contributed by atoms with Crippen molar-refractivity contribution in [3.05, 3.63) is 75.7 Å². The zero-order chi connectivity index (χ0) is 30.9. The van der Waals surface area contributed by atoms with Gasteiger partial charge in [-0.3, -0.25) is 4.79 Å². The molecule has 1 aliphatic heterocycles. The van der Waals surface area contributed by atoms with Crippen LogP contribution in [0.25, 0.3) is 11.0 Å². The minimum atomic E-state index is -1.30. The number of benzene rings is 2. The molecule has 0 bridgehead atoms. The largest absolute Gasteiger partial charge is 0.508 e. The molecule has 2 aromatic carbocycles. The van der Waals surface area contributed by atoms with Gasteiger partial charge in [-0.15, -0.1) is 6.58 Å². The van der Waals surface area contributed by atoms with Gasteiger partial charge in [-0.25, -0.2) is 9.59 Å². The predicted octanol–water partition coefficient (Wildman–Crippen LogP) is 2.67. The summed E-state index contributed by atoms with van der Waals surface area (Å²) in [6.07, 6.45) is -3.10. The number of primary amides is 1. The van der Waals surface area contributed by atoms with Crippen LogP contribution in [0.2, 0.25) is 0 Å². The van der Waals surface area contributed by atoms with Crippen molar-refractivity contribution in [3.8, 4) is 11.5 Å². The molecule has 225 valence electrons. The molecule has 4 atom stereocenters. The van der Waals surface area contributed by atoms with E-state index in [-0.39, 0.29) is 58.3 Å². The molecule has 0 spiro atoms. The average molecular weight is 606 g/mol. The van der Waals surface area contributed by atoms with Gasteiger partial charge in [0.2, 0.25) is 0 Å². The molecule has 3 aromatic rings. The maximum Gasteiger partial charge on any atom is 0.404 e. The van der Waals surface area contributed by atoms with Gasteiger partial charge < -0.3 is 45.0 Å². The normalized spacial score (nSPS) is 21.0. The van der Waals surface area contributed by atoms with Crippen molar-refractivity contribution in [3.63, 3.8) is 0 Å². The Balaban J connectivity index is 0.00000506. The number of fused-ring (bicyclic) bond motifs is 1. The maximum atomic E-state index is 12.9. The zero-order valence-corrected chi connectivity index (χ0v) is 26.7. The minimum Gasteiger partial charge on any atom is -0.508 e. The Hall–Kier alpha value is -3.39. The topological polar surface area (TPSA) is 191 Å². The number of nitrogens with two attached hydrogens (primary N) is 1. The van der Waals surface area contributed by atoms with E-state index < -0.39 is 59.1 Å². The Morgan fingerprint density at radius 2 is 1.88 bits per heavy atom. The molecule has 12 nitrogen and oxygen atoms in total. The van der Waals surface area contributed by atoms with E-state index in [1.807, 2.05) is 0 Å². The number of allylic oxidation sites excluding steroid dienone is 1. The molecule has 1 fully saturated rings. The number of methoxy groups -OCH3 is 1. The number of carbonyl (C=O) groups excluding carboxylic acids is 2. The van der Waals surface area contributed by atoms with Crippen LogP contribution in [0.15, 0.2) is 52.2 Å². The maximum absolute atomic E-state index is 12.9. The fourth-order valence-corrected chi connectivity index (χ4v) is 5.36. The third kappa shape index (κ3) is 6.90. The Bertz CT molecular complexity index is 1600. The van der Waals surface area contributed by atoms with Gasteiger partial charge in [-0.1, -0.05) is 12.1 Å². The molecule has 2 amide bonds. The monoisotopic (exact) mass is 605 g/mol. The van der Waals surface area contributed by atoms with Gasteiger partial charge in [0, 0.05) is 48.7 Å². The Morgan fingerprint density at radius 1 is 1.19 bits per heavy atom. The number of anilines is 1. The number of phenolic OH excluding ortho intramolecular Hbond substituents is 1. The van der Waals surface area contributed by atoms with Gasteiger partial charge in [0.15, 0.2) is 17.5 Å². The third-order valence-electron chi connectivity index (χ3n) is 7.44. The number of phenols is 1. The Morgan fingerprint density at radius 3 is 2.51 bits per heavy atom. The SMILES string of the molecule is C=CCc1cc(C(=O)Nc2c(O)c3ccc(C[C@@H]4OC(C)(C)[C@H](OC)[C@@H](OC(N)=O)[C@H]4O)c(C)c3oc2=O)ccc1O.[Na]. The molecule has 13 heteroatoms. The number of hydrogen-bond donors (Lipinski definition) is 5. The summed E-state index contributed by atoms with van der Waals surface area (Å²) in [7, 11) is 1.41. The molecular formula is C30H34N2NaO10. The summed E-state index contributed by atoms with van der Waals surface area (Å²) < 4.78 is 22.3. The summed E-state index contributed by atoms with van der Waals surface area (Å²) >= 11 is 0. The Labute approximate surface area is 269 Å². The first-order valence-electron chi connectivity index (χ1n) is 13.2. The van der Waals surface area contributed by atoms with Crippen molar-refractivity contribution in [2.75, 3.05) is 12.4 Å². The number of aryl methyl sites for hydroxylation is 1. The second kappa shape index (κ2) is 13.5. The minimum absolute atomic E-state index is 0. The summed E-state index contributed by atoms with van der Waals surface area (Å²) in [6.45, 7) is 8.76. The summed E-state index contributed by atoms with van der Waals surface area (Å²) in [6, 6.07) is 7.38. The van der Waals surface area contributed by atoms with E-state index in [1.165, 1.54) is 31.4 Å². The van der Waals surface area contributed by atoms with Gasteiger partial charge in [-0.2, -0.15) is 0 Å². The number of amides is 2. The van der Waals surface area contributed by atoms with Crippen LogP contribution in [0, 0.1) is 6.92 Å². The third-order valence-corrected chi connectivity index (χ3v) is 7.44. The molecule has 1 aliphatic rings. The summed E-state index contributed by atoms with van der Waals surface area (Å²) in [5.74, 6) is -1.18. The van der Waals surface area contributed by atoms with Crippen molar-refractivity contribution >= 4 is 58.2 Å². The van der Waals surface area contributed by atoms with E-state index in [1.54, 1.807) is 32.9 Å². The second-order valence-electron chi connectivity index (χ2n) is 10.6. The van der Waals surface area contributed by atoms with Crippen LogP contribution in [0.3, 0.4) is 0 Å². The first-order chi connectivity index (χ1) is 19.8. The quantitative estimate of drug-likeness (QED) is 0.145. The van der Waals surface area contributed by atoms with Crippen LogP contribution in [-0.2, 0) is 27.1 Å². The van der Waals surface area contributed by atoms with Crippen molar-refractivity contribution in [2.24, 2.45) is 5.73 Å². The van der Waals surface area contributed by atoms with E-state index in [0.29, 0.717) is 23.1 Å².